The highest BCUT2D eigenvalue weighted by molar-refractivity contribution is 5.87. The summed E-state index contributed by atoms with van der Waals surface area (Å²) in [5, 5.41) is 2.72. The van der Waals surface area contributed by atoms with Crippen LogP contribution in [0.4, 0.5) is 0 Å². The van der Waals surface area contributed by atoms with Gasteiger partial charge in [-0.2, -0.15) is 0 Å². The average Bonchev–Trinajstić information content (AvgIpc) is 2.44. The molecule has 1 aromatic carbocycles. The van der Waals surface area contributed by atoms with Gasteiger partial charge in [0.2, 0.25) is 11.8 Å². The fourth-order valence-electron chi connectivity index (χ4n) is 1.90. The summed E-state index contributed by atoms with van der Waals surface area (Å²) in [4.78, 5) is 25.9. The predicted molar refractivity (Wildman–Crippen MR) is 84.6 cm³/mol. The lowest BCUT2D eigenvalue weighted by Crippen LogP contribution is -2.43. The first-order chi connectivity index (χ1) is 9.84. The number of nitrogens with one attached hydrogen (secondary N) is 1. The Morgan fingerprint density at radius 1 is 1.14 bits per heavy atom. The van der Waals surface area contributed by atoms with E-state index >= 15 is 0 Å². The van der Waals surface area contributed by atoms with Gasteiger partial charge in [-0.05, 0) is 12.0 Å². The minimum absolute atomic E-state index is 0.0432. The average molecular weight is 290 g/mol. The zero-order valence-electron chi connectivity index (χ0n) is 13.5. The lowest BCUT2D eigenvalue weighted by atomic mass is 9.96. The van der Waals surface area contributed by atoms with Crippen molar-refractivity contribution in [2.75, 3.05) is 13.1 Å². The van der Waals surface area contributed by atoms with Crippen molar-refractivity contribution in [2.24, 2.45) is 5.41 Å². The van der Waals surface area contributed by atoms with E-state index < -0.39 is 5.41 Å². The highest BCUT2D eigenvalue weighted by Gasteiger charge is 2.22. The molecule has 0 aliphatic carbocycles. The van der Waals surface area contributed by atoms with Gasteiger partial charge in [0.05, 0.1) is 6.54 Å². The molecule has 1 aromatic rings. The topological polar surface area (TPSA) is 49.4 Å². The number of rotatable bonds is 6. The van der Waals surface area contributed by atoms with Gasteiger partial charge in [0.15, 0.2) is 0 Å². The van der Waals surface area contributed by atoms with Crippen molar-refractivity contribution < 1.29 is 9.59 Å². The number of nitrogens with zero attached hydrogens (tertiary/aromatic N) is 1. The second kappa shape index (κ2) is 7.81. The standard InChI is InChI=1S/C17H26N2O2/c1-5-11-19(13-14-9-7-6-8-10-14)15(20)12-18-16(21)17(2,3)4/h6-10H,5,11-13H2,1-4H3,(H,18,21). The number of carbonyl (C=O) groups is 2. The minimum atomic E-state index is -0.477. The molecule has 1 rings (SSSR count). The first-order valence-electron chi connectivity index (χ1n) is 7.44. The van der Waals surface area contributed by atoms with E-state index in [2.05, 4.69) is 5.32 Å². The molecule has 4 nitrogen and oxygen atoms in total. The Hall–Kier alpha value is -1.84. The maximum absolute atomic E-state index is 12.3. The van der Waals surface area contributed by atoms with E-state index in [9.17, 15) is 9.59 Å². The number of hydrogen-bond acceptors (Lipinski definition) is 2. The van der Waals surface area contributed by atoms with Crippen LogP contribution >= 0.6 is 0 Å². The Morgan fingerprint density at radius 2 is 1.76 bits per heavy atom. The van der Waals surface area contributed by atoms with Crippen molar-refractivity contribution in [1.29, 1.82) is 0 Å². The smallest absolute Gasteiger partial charge is 0.242 e. The Morgan fingerprint density at radius 3 is 2.29 bits per heavy atom. The molecule has 0 heterocycles. The molecule has 21 heavy (non-hydrogen) atoms. The van der Waals surface area contributed by atoms with Gasteiger partial charge in [-0.15, -0.1) is 0 Å². The molecule has 2 amide bonds. The van der Waals surface area contributed by atoms with Gasteiger partial charge in [-0.3, -0.25) is 9.59 Å². The van der Waals surface area contributed by atoms with Gasteiger partial charge < -0.3 is 10.2 Å². The van der Waals surface area contributed by atoms with Crippen LogP contribution in [-0.4, -0.2) is 29.8 Å². The van der Waals surface area contributed by atoms with Gasteiger partial charge in [0.1, 0.15) is 0 Å². The largest absolute Gasteiger partial charge is 0.347 e. The summed E-state index contributed by atoms with van der Waals surface area (Å²) in [6, 6.07) is 9.89. The van der Waals surface area contributed by atoms with Crippen molar-refractivity contribution in [3.63, 3.8) is 0 Å². The van der Waals surface area contributed by atoms with Crippen LogP contribution in [0, 0.1) is 5.41 Å². The van der Waals surface area contributed by atoms with Gasteiger partial charge in [-0.1, -0.05) is 58.0 Å². The van der Waals surface area contributed by atoms with E-state index in [1.54, 1.807) is 4.90 Å². The molecule has 0 aliphatic heterocycles. The van der Waals surface area contributed by atoms with Crippen LogP contribution in [0.5, 0.6) is 0 Å². The fourth-order valence-corrected chi connectivity index (χ4v) is 1.90. The molecular weight excluding hydrogens is 264 g/mol. The summed E-state index contributed by atoms with van der Waals surface area (Å²) in [6.07, 6.45) is 0.895. The molecule has 0 radical (unpaired) electrons. The van der Waals surface area contributed by atoms with Crippen LogP contribution in [0.3, 0.4) is 0 Å². The maximum atomic E-state index is 12.3. The predicted octanol–water partition coefficient (Wildman–Crippen LogP) is 2.59. The SMILES string of the molecule is CCCN(Cc1ccccc1)C(=O)CNC(=O)C(C)(C)C. The lowest BCUT2D eigenvalue weighted by Gasteiger charge is -2.24. The summed E-state index contributed by atoms with van der Waals surface area (Å²) >= 11 is 0. The molecule has 0 fully saturated rings. The first-order valence-corrected chi connectivity index (χ1v) is 7.44. The van der Waals surface area contributed by atoms with E-state index in [1.165, 1.54) is 0 Å². The maximum Gasteiger partial charge on any atom is 0.242 e. The van der Waals surface area contributed by atoms with Gasteiger partial charge in [0.25, 0.3) is 0 Å². The molecule has 0 bridgehead atoms. The quantitative estimate of drug-likeness (QED) is 0.875. The molecule has 4 heteroatoms. The molecule has 0 aromatic heterocycles. The Balaban J connectivity index is 2.59. The molecule has 0 atom stereocenters. The molecule has 0 spiro atoms. The van der Waals surface area contributed by atoms with Gasteiger partial charge in [-0.25, -0.2) is 0 Å². The molecule has 116 valence electrons. The number of amides is 2. The number of benzene rings is 1. The Kier molecular flexibility index (Phi) is 6.40. The Bertz CT molecular complexity index is 463. The second-order valence-corrected chi connectivity index (χ2v) is 6.23. The van der Waals surface area contributed by atoms with Crippen LogP contribution < -0.4 is 5.32 Å². The number of carbonyl (C=O) groups excluding carboxylic acids is 2. The molecule has 0 aliphatic rings. The third-order valence-electron chi connectivity index (χ3n) is 3.14. The van der Waals surface area contributed by atoms with E-state index in [1.807, 2.05) is 58.0 Å². The van der Waals surface area contributed by atoms with Crippen LogP contribution in [0.2, 0.25) is 0 Å². The Labute approximate surface area is 127 Å². The van der Waals surface area contributed by atoms with Crippen LogP contribution in [0.1, 0.15) is 39.7 Å². The highest BCUT2D eigenvalue weighted by Crippen LogP contribution is 2.12. The van der Waals surface area contributed by atoms with Crippen LogP contribution in [-0.2, 0) is 16.1 Å². The van der Waals surface area contributed by atoms with Gasteiger partial charge in [0, 0.05) is 18.5 Å². The summed E-state index contributed by atoms with van der Waals surface area (Å²) in [6.45, 7) is 8.88. The summed E-state index contributed by atoms with van der Waals surface area (Å²) in [5.74, 6) is -0.148. The molecule has 0 saturated carbocycles. The van der Waals surface area contributed by atoms with E-state index in [-0.39, 0.29) is 18.4 Å². The zero-order chi connectivity index (χ0) is 15.9. The zero-order valence-corrected chi connectivity index (χ0v) is 13.5. The van der Waals surface area contributed by atoms with Crippen molar-refractivity contribution in [1.82, 2.24) is 10.2 Å². The highest BCUT2D eigenvalue weighted by atomic mass is 16.2. The van der Waals surface area contributed by atoms with E-state index in [4.69, 9.17) is 0 Å². The minimum Gasteiger partial charge on any atom is -0.347 e. The summed E-state index contributed by atoms with van der Waals surface area (Å²) in [5.41, 5.74) is 0.622. The third-order valence-corrected chi connectivity index (χ3v) is 3.14. The van der Waals surface area contributed by atoms with Crippen molar-refractivity contribution in [3.8, 4) is 0 Å². The summed E-state index contributed by atoms with van der Waals surface area (Å²) in [7, 11) is 0. The van der Waals surface area contributed by atoms with Crippen LogP contribution in [0.25, 0.3) is 0 Å². The first kappa shape index (κ1) is 17.2. The molecule has 0 saturated heterocycles. The third kappa shape index (κ3) is 5.98. The van der Waals surface area contributed by atoms with Crippen molar-refractivity contribution in [2.45, 2.75) is 40.7 Å². The molecular formula is C17H26N2O2. The van der Waals surface area contributed by atoms with Gasteiger partial charge >= 0.3 is 0 Å². The molecule has 1 N–H and O–H groups in total. The number of hydrogen-bond donors (Lipinski definition) is 1. The van der Waals surface area contributed by atoms with Crippen molar-refractivity contribution >= 4 is 11.8 Å². The van der Waals surface area contributed by atoms with Crippen LogP contribution in [0.15, 0.2) is 30.3 Å². The van der Waals surface area contributed by atoms with E-state index in [0.29, 0.717) is 13.1 Å². The second-order valence-electron chi connectivity index (χ2n) is 6.23. The normalized spacial score (nSPS) is 11.0. The summed E-state index contributed by atoms with van der Waals surface area (Å²) < 4.78 is 0. The fraction of sp³-hybridized carbons (Fsp3) is 0.529. The lowest BCUT2D eigenvalue weighted by molar-refractivity contribution is -0.135. The van der Waals surface area contributed by atoms with Crippen molar-refractivity contribution in [3.05, 3.63) is 35.9 Å². The monoisotopic (exact) mass is 290 g/mol. The molecule has 0 unspecified atom stereocenters. The van der Waals surface area contributed by atoms with E-state index in [0.717, 1.165) is 12.0 Å².